The van der Waals surface area contributed by atoms with E-state index in [1.807, 2.05) is 19.9 Å². The molecule has 0 saturated heterocycles. The highest BCUT2D eigenvalue weighted by Crippen LogP contribution is 2.27. The molecule has 2 atom stereocenters. The van der Waals surface area contributed by atoms with Gasteiger partial charge in [0.15, 0.2) is 6.10 Å². The number of fused-ring (bicyclic) bond motifs is 1. The second-order valence-electron chi connectivity index (χ2n) is 7.48. The van der Waals surface area contributed by atoms with Crippen LogP contribution < -0.4 is 10.1 Å². The number of hydrogen-bond donors (Lipinski definition) is 1. The standard InChI is InChI=1S/C23H24N2O6/c1-12-6-8-16-17(10-12)22(28)25(21(16)27)14(3)23(29)31-15(4)20(26)24-18-11-13(2)7-9-19(18)30-5/h6-11,14-15H,1-5H3,(H,24,26). The molecule has 0 radical (unpaired) electrons. The molecule has 2 aromatic rings. The lowest BCUT2D eigenvalue weighted by molar-refractivity contribution is -0.156. The quantitative estimate of drug-likeness (QED) is 0.565. The normalized spacial score (nSPS) is 14.7. The van der Waals surface area contributed by atoms with E-state index in [1.165, 1.54) is 21.0 Å². The first-order valence-corrected chi connectivity index (χ1v) is 9.78. The number of methoxy groups -OCH3 is 1. The molecule has 1 heterocycles. The number of anilines is 1. The summed E-state index contributed by atoms with van der Waals surface area (Å²) in [6.45, 7) is 6.48. The number of nitrogens with zero attached hydrogens (tertiary/aromatic N) is 1. The van der Waals surface area contributed by atoms with Crippen LogP contribution in [0.25, 0.3) is 0 Å². The molecule has 1 aliphatic heterocycles. The Morgan fingerprint density at radius 3 is 2.23 bits per heavy atom. The number of aryl methyl sites for hydroxylation is 2. The molecule has 3 amide bonds. The molecule has 0 aliphatic carbocycles. The third-order valence-corrected chi connectivity index (χ3v) is 5.08. The SMILES string of the molecule is COc1ccc(C)cc1NC(=O)C(C)OC(=O)C(C)N1C(=O)c2ccc(C)cc2C1=O. The molecule has 8 heteroatoms. The Hall–Kier alpha value is -3.68. The number of amides is 3. The summed E-state index contributed by atoms with van der Waals surface area (Å²) in [6, 6.07) is 9.00. The highest BCUT2D eigenvalue weighted by molar-refractivity contribution is 6.22. The molecule has 0 saturated carbocycles. The van der Waals surface area contributed by atoms with Crippen molar-refractivity contribution in [1.29, 1.82) is 0 Å². The Balaban J connectivity index is 1.68. The first-order chi connectivity index (χ1) is 14.6. The summed E-state index contributed by atoms with van der Waals surface area (Å²) in [5.74, 6) is -2.08. The summed E-state index contributed by atoms with van der Waals surface area (Å²) in [7, 11) is 1.48. The van der Waals surface area contributed by atoms with Gasteiger partial charge in [0.25, 0.3) is 17.7 Å². The van der Waals surface area contributed by atoms with Crippen LogP contribution in [0.3, 0.4) is 0 Å². The van der Waals surface area contributed by atoms with Gasteiger partial charge in [-0.1, -0.05) is 17.7 Å². The van der Waals surface area contributed by atoms with E-state index in [4.69, 9.17) is 9.47 Å². The molecule has 31 heavy (non-hydrogen) atoms. The predicted octanol–water partition coefficient (Wildman–Crippen LogP) is 2.87. The molecule has 2 aromatic carbocycles. The minimum absolute atomic E-state index is 0.243. The van der Waals surface area contributed by atoms with Gasteiger partial charge >= 0.3 is 5.97 Å². The molecular weight excluding hydrogens is 400 g/mol. The maximum absolute atomic E-state index is 12.7. The van der Waals surface area contributed by atoms with Gasteiger partial charge in [-0.05, 0) is 57.5 Å². The lowest BCUT2D eigenvalue weighted by Crippen LogP contribution is -2.45. The fourth-order valence-electron chi connectivity index (χ4n) is 3.31. The van der Waals surface area contributed by atoms with Crippen molar-refractivity contribution in [2.75, 3.05) is 12.4 Å². The van der Waals surface area contributed by atoms with Crippen molar-refractivity contribution in [3.8, 4) is 5.75 Å². The van der Waals surface area contributed by atoms with E-state index in [0.29, 0.717) is 11.4 Å². The van der Waals surface area contributed by atoms with Crippen molar-refractivity contribution in [2.24, 2.45) is 0 Å². The first-order valence-electron chi connectivity index (χ1n) is 9.78. The number of benzene rings is 2. The monoisotopic (exact) mass is 424 g/mol. The van der Waals surface area contributed by atoms with Gasteiger partial charge in [0.05, 0.1) is 23.9 Å². The zero-order chi connectivity index (χ0) is 22.9. The van der Waals surface area contributed by atoms with Crippen LogP contribution in [-0.2, 0) is 14.3 Å². The van der Waals surface area contributed by atoms with Crippen molar-refractivity contribution < 1.29 is 28.7 Å². The lowest BCUT2D eigenvalue weighted by atomic mass is 10.1. The zero-order valence-electron chi connectivity index (χ0n) is 18.0. The van der Waals surface area contributed by atoms with E-state index >= 15 is 0 Å². The van der Waals surface area contributed by atoms with Crippen LogP contribution in [0, 0.1) is 13.8 Å². The Labute approximate surface area is 180 Å². The van der Waals surface area contributed by atoms with Gasteiger partial charge < -0.3 is 14.8 Å². The van der Waals surface area contributed by atoms with Crippen molar-refractivity contribution >= 4 is 29.4 Å². The van der Waals surface area contributed by atoms with Gasteiger partial charge in [0.2, 0.25) is 0 Å². The minimum atomic E-state index is -1.18. The van der Waals surface area contributed by atoms with Crippen molar-refractivity contribution in [3.05, 3.63) is 58.7 Å². The second kappa shape index (κ2) is 8.59. The maximum atomic E-state index is 12.7. The summed E-state index contributed by atoms with van der Waals surface area (Å²) in [6.07, 6.45) is -1.16. The first kappa shape index (κ1) is 22.0. The van der Waals surface area contributed by atoms with Crippen LogP contribution in [0.5, 0.6) is 5.75 Å². The van der Waals surface area contributed by atoms with Crippen LogP contribution in [0.1, 0.15) is 45.7 Å². The summed E-state index contributed by atoms with van der Waals surface area (Å²) in [4.78, 5) is 51.3. The van der Waals surface area contributed by atoms with Crippen molar-refractivity contribution in [3.63, 3.8) is 0 Å². The number of rotatable bonds is 6. The zero-order valence-corrected chi connectivity index (χ0v) is 18.0. The smallest absolute Gasteiger partial charge is 0.329 e. The van der Waals surface area contributed by atoms with Gasteiger partial charge in [0.1, 0.15) is 11.8 Å². The molecule has 2 unspecified atom stereocenters. The van der Waals surface area contributed by atoms with Crippen LogP contribution in [-0.4, -0.2) is 47.8 Å². The molecule has 162 valence electrons. The second-order valence-corrected chi connectivity index (χ2v) is 7.48. The highest BCUT2D eigenvalue weighted by atomic mass is 16.5. The highest BCUT2D eigenvalue weighted by Gasteiger charge is 2.42. The predicted molar refractivity (Wildman–Crippen MR) is 113 cm³/mol. The number of imide groups is 1. The number of hydrogen-bond acceptors (Lipinski definition) is 6. The molecule has 1 aliphatic rings. The van der Waals surface area contributed by atoms with Gasteiger partial charge in [-0.2, -0.15) is 0 Å². The summed E-state index contributed by atoms with van der Waals surface area (Å²) in [5.41, 5.74) is 2.68. The number of carbonyl (C=O) groups excluding carboxylic acids is 4. The molecule has 0 aromatic heterocycles. The van der Waals surface area contributed by atoms with Gasteiger partial charge in [-0.3, -0.25) is 19.3 Å². The van der Waals surface area contributed by atoms with E-state index in [2.05, 4.69) is 5.32 Å². The molecular formula is C23H24N2O6. The van der Waals surface area contributed by atoms with Crippen molar-refractivity contribution in [1.82, 2.24) is 4.90 Å². The van der Waals surface area contributed by atoms with Crippen LogP contribution in [0.15, 0.2) is 36.4 Å². The lowest BCUT2D eigenvalue weighted by Gasteiger charge is -2.23. The largest absolute Gasteiger partial charge is 0.495 e. The molecule has 1 N–H and O–H groups in total. The Kier molecular flexibility index (Phi) is 6.10. The minimum Gasteiger partial charge on any atom is -0.495 e. The van der Waals surface area contributed by atoms with Crippen LogP contribution in [0.2, 0.25) is 0 Å². The van der Waals surface area contributed by atoms with Gasteiger partial charge in [0, 0.05) is 0 Å². The van der Waals surface area contributed by atoms with E-state index in [1.54, 1.807) is 30.3 Å². The molecule has 0 fully saturated rings. The van der Waals surface area contributed by atoms with Crippen molar-refractivity contribution in [2.45, 2.75) is 39.8 Å². The summed E-state index contributed by atoms with van der Waals surface area (Å²) < 4.78 is 10.5. The number of esters is 1. The average Bonchev–Trinajstić information content (AvgIpc) is 2.97. The Bertz CT molecular complexity index is 1080. The summed E-state index contributed by atoms with van der Waals surface area (Å²) in [5, 5.41) is 2.67. The maximum Gasteiger partial charge on any atom is 0.329 e. The number of ether oxygens (including phenoxy) is 2. The van der Waals surface area contributed by atoms with E-state index in [0.717, 1.165) is 16.0 Å². The van der Waals surface area contributed by atoms with E-state index in [-0.39, 0.29) is 11.1 Å². The molecule has 3 rings (SSSR count). The topological polar surface area (TPSA) is 102 Å². The van der Waals surface area contributed by atoms with Crippen LogP contribution in [0.4, 0.5) is 5.69 Å². The Morgan fingerprint density at radius 1 is 0.935 bits per heavy atom. The van der Waals surface area contributed by atoms with E-state index in [9.17, 15) is 19.2 Å². The fourth-order valence-corrected chi connectivity index (χ4v) is 3.31. The van der Waals surface area contributed by atoms with E-state index < -0.39 is 35.8 Å². The Morgan fingerprint density at radius 2 is 1.55 bits per heavy atom. The van der Waals surface area contributed by atoms with Gasteiger partial charge in [-0.15, -0.1) is 0 Å². The van der Waals surface area contributed by atoms with Crippen LogP contribution >= 0.6 is 0 Å². The fraction of sp³-hybridized carbons (Fsp3) is 0.304. The third-order valence-electron chi connectivity index (χ3n) is 5.08. The number of nitrogens with one attached hydrogen (secondary N) is 1. The van der Waals surface area contributed by atoms with Gasteiger partial charge in [-0.25, -0.2) is 4.79 Å². The molecule has 8 nitrogen and oxygen atoms in total. The average molecular weight is 424 g/mol. The number of carbonyl (C=O) groups is 4. The summed E-state index contributed by atoms with van der Waals surface area (Å²) >= 11 is 0. The third kappa shape index (κ3) is 4.28. The molecule has 0 spiro atoms. The molecule has 0 bridgehead atoms.